The van der Waals surface area contributed by atoms with Crippen LogP contribution in [0.3, 0.4) is 0 Å². The number of carboxylic acid groups (broad SMARTS) is 1. The van der Waals surface area contributed by atoms with Crippen LogP contribution < -0.4 is 0 Å². The maximum Gasteiger partial charge on any atom is 0.371 e. The summed E-state index contributed by atoms with van der Waals surface area (Å²) in [6.07, 6.45) is 2.21. The van der Waals surface area contributed by atoms with E-state index in [1.807, 2.05) is 0 Å². The highest BCUT2D eigenvalue weighted by atomic mass is 32.2. The van der Waals surface area contributed by atoms with E-state index >= 15 is 0 Å². The molecule has 2 rings (SSSR count). The first-order valence-corrected chi connectivity index (χ1v) is 8.60. The van der Waals surface area contributed by atoms with E-state index < -0.39 is 16.0 Å². The van der Waals surface area contributed by atoms with Crippen molar-refractivity contribution in [2.75, 3.05) is 26.4 Å². The Bertz CT molecular complexity index is 672. The molecule has 0 aliphatic carbocycles. The summed E-state index contributed by atoms with van der Waals surface area (Å²) in [5.74, 6) is -1.91. The van der Waals surface area contributed by atoms with Gasteiger partial charge in [0, 0.05) is 26.2 Å². The van der Waals surface area contributed by atoms with Gasteiger partial charge < -0.3 is 14.4 Å². The molecule has 0 aromatic carbocycles. The zero-order valence-electron chi connectivity index (χ0n) is 12.4. The molecular formula is C13H18N2O6S. The molecule has 1 amide bonds. The van der Waals surface area contributed by atoms with Crippen LogP contribution in [0.15, 0.2) is 16.5 Å². The van der Waals surface area contributed by atoms with Crippen molar-refractivity contribution in [3.8, 4) is 0 Å². The van der Waals surface area contributed by atoms with Gasteiger partial charge in [0.15, 0.2) is 5.76 Å². The second-order valence-corrected chi connectivity index (χ2v) is 7.31. The maximum atomic E-state index is 12.2. The predicted molar refractivity (Wildman–Crippen MR) is 77.2 cm³/mol. The lowest BCUT2D eigenvalue weighted by Crippen LogP contribution is -2.46. The van der Waals surface area contributed by atoms with Gasteiger partial charge in [-0.1, -0.05) is 0 Å². The molecule has 22 heavy (non-hydrogen) atoms. The summed E-state index contributed by atoms with van der Waals surface area (Å²) in [5.41, 5.74) is 0. The van der Waals surface area contributed by atoms with E-state index in [0.29, 0.717) is 25.9 Å². The van der Waals surface area contributed by atoms with E-state index in [1.54, 1.807) is 0 Å². The smallest absolute Gasteiger partial charge is 0.371 e. The van der Waals surface area contributed by atoms with Crippen molar-refractivity contribution < 1.29 is 27.5 Å². The lowest BCUT2D eigenvalue weighted by Gasteiger charge is -2.35. The number of rotatable bonds is 4. The lowest BCUT2D eigenvalue weighted by molar-refractivity contribution is 0.0627. The number of hydrogen-bond donors (Lipinski definition) is 1. The summed E-state index contributed by atoms with van der Waals surface area (Å²) < 4.78 is 29.3. The van der Waals surface area contributed by atoms with Gasteiger partial charge >= 0.3 is 5.97 Å². The fraction of sp³-hybridized carbons (Fsp3) is 0.538. The summed E-state index contributed by atoms with van der Waals surface area (Å²) in [6, 6.07) is 2.44. The van der Waals surface area contributed by atoms with Crippen LogP contribution in [-0.4, -0.2) is 67.0 Å². The fourth-order valence-electron chi connectivity index (χ4n) is 2.43. The van der Waals surface area contributed by atoms with E-state index in [-0.39, 0.29) is 23.5 Å². The van der Waals surface area contributed by atoms with Gasteiger partial charge in [0.25, 0.3) is 5.91 Å². The van der Waals surface area contributed by atoms with Gasteiger partial charge in [-0.2, -0.15) is 0 Å². The molecule has 1 fully saturated rings. The quantitative estimate of drug-likeness (QED) is 0.860. The van der Waals surface area contributed by atoms with Gasteiger partial charge in [-0.3, -0.25) is 4.79 Å². The fourth-order valence-corrected chi connectivity index (χ4v) is 3.18. The van der Waals surface area contributed by atoms with Crippen LogP contribution in [-0.2, 0) is 10.0 Å². The molecule has 1 aromatic rings. The van der Waals surface area contributed by atoms with Crippen LogP contribution in [0.2, 0.25) is 0 Å². The van der Waals surface area contributed by atoms with Crippen LogP contribution in [0, 0.1) is 0 Å². The summed E-state index contributed by atoms with van der Waals surface area (Å²) in [6.45, 7) is 0.791. The van der Waals surface area contributed by atoms with E-state index in [2.05, 4.69) is 0 Å². The topological polar surface area (TPSA) is 108 Å². The molecule has 0 bridgehead atoms. The SMILES string of the molecule is CN(C1CCN(C(=O)c2ccc(C(=O)O)o2)CC1)S(C)(=O)=O. The number of furan rings is 1. The molecule has 1 aliphatic rings. The molecular weight excluding hydrogens is 312 g/mol. The van der Waals surface area contributed by atoms with Gasteiger partial charge in [-0.25, -0.2) is 17.5 Å². The molecule has 9 heteroatoms. The third-order valence-electron chi connectivity index (χ3n) is 3.82. The second-order valence-electron chi connectivity index (χ2n) is 5.27. The first kappa shape index (κ1) is 16.5. The number of aromatic carboxylic acids is 1. The second kappa shape index (κ2) is 6.09. The Morgan fingerprint density at radius 3 is 2.27 bits per heavy atom. The molecule has 0 saturated carbocycles. The average molecular weight is 330 g/mol. The van der Waals surface area contributed by atoms with Crippen molar-refractivity contribution in [3.05, 3.63) is 23.7 Å². The molecule has 0 atom stereocenters. The van der Waals surface area contributed by atoms with Crippen LogP contribution in [0.5, 0.6) is 0 Å². The maximum absolute atomic E-state index is 12.2. The number of piperidine rings is 1. The summed E-state index contributed by atoms with van der Waals surface area (Å²) in [5, 5.41) is 8.78. The standard InChI is InChI=1S/C13H18N2O6S/c1-14(22(2,19)20)9-5-7-15(8-6-9)12(16)10-3-4-11(21-10)13(17)18/h3-4,9H,5-8H2,1-2H3,(H,17,18). The van der Waals surface area contributed by atoms with Crippen molar-refractivity contribution in [1.82, 2.24) is 9.21 Å². The zero-order chi connectivity index (χ0) is 16.5. The molecule has 2 heterocycles. The Hall–Kier alpha value is -1.87. The Morgan fingerprint density at radius 2 is 1.82 bits per heavy atom. The molecule has 122 valence electrons. The monoisotopic (exact) mass is 330 g/mol. The van der Waals surface area contributed by atoms with Gasteiger partial charge in [0.2, 0.25) is 15.8 Å². The Morgan fingerprint density at radius 1 is 1.27 bits per heavy atom. The minimum atomic E-state index is -3.25. The molecule has 1 aromatic heterocycles. The van der Waals surface area contributed by atoms with Crippen LogP contribution >= 0.6 is 0 Å². The molecule has 1 aliphatic heterocycles. The molecule has 1 saturated heterocycles. The minimum absolute atomic E-state index is 0.0210. The highest BCUT2D eigenvalue weighted by Crippen LogP contribution is 2.20. The van der Waals surface area contributed by atoms with E-state index in [4.69, 9.17) is 9.52 Å². The predicted octanol–water partition coefficient (Wildman–Crippen LogP) is 0.474. The molecule has 0 spiro atoms. The molecule has 0 unspecified atom stereocenters. The third kappa shape index (κ3) is 3.47. The van der Waals surface area contributed by atoms with E-state index in [0.717, 1.165) is 6.26 Å². The van der Waals surface area contributed by atoms with Crippen molar-refractivity contribution in [1.29, 1.82) is 0 Å². The Kier molecular flexibility index (Phi) is 4.57. The van der Waals surface area contributed by atoms with E-state index in [9.17, 15) is 18.0 Å². The Labute approximate surface area is 128 Å². The molecule has 0 radical (unpaired) electrons. The van der Waals surface area contributed by atoms with Crippen LogP contribution in [0.1, 0.15) is 34.0 Å². The van der Waals surface area contributed by atoms with Gasteiger partial charge in [-0.05, 0) is 25.0 Å². The number of sulfonamides is 1. The van der Waals surface area contributed by atoms with Gasteiger partial charge in [0.1, 0.15) is 0 Å². The summed E-state index contributed by atoms with van der Waals surface area (Å²) in [7, 11) is -1.72. The summed E-state index contributed by atoms with van der Waals surface area (Å²) in [4.78, 5) is 24.5. The summed E-state index contributed by atoms with van der Waals surface area (Å²) >= 11 is 0. The van der Waals surface area contributed by atoms with Crippen molar-refractivity contribution >= 4 is 21.9 Å². The highest BCUT2D eigenvalue weighted by Gasteiger charge is 2.30. The van der Waals surface area contributed by atoms with Gasteiger partial charge in [-0.15, -0.1) is 0 Å². The zero-order valence-corrected chi connectivity index (χ0v) is 13.2. The number of carbonyl (C=O) groups is 2. The number of likely N-dealkylation sites (tertiary alicyclic amines) is 1. The number of carbonyl (C=O) groups excluding carboxylic acids is 1. The molecule has 8 nitrogen and oxygen atoms in total. The third-order valence-corrected chi connectivity index (χ3v) is 5.16. The molecule has 1 N–H and O–H groups in total. The van der Waals surface area contributed by atoms with Crippen molar-refractivity contribution in [2.24, 2.45) is 0 Å². The number of amides is 1. The normalized spacial score (nSPS) is 17.0. The Balaban J connectivity index is 1.99. The average Bonchev–Trinajstić information content (AvgIpc) is 2.95. The van der Waals surface area contributed by atoms with Crippen molar-refractivity contribution in [3.63, 3.8) is 0 Å². The first-order valence-electron chi connectivity index (χ1n) is 6.75. The largest absolute Gasteiger partial charge is 0.475 e. The van der Waals surface area contributed by atoms with Gasteiger partial charge in [0.05, 0.1) is 6.26 Å². The van der Waals surface area contributed by atoms with E-state index in [1.165, 1.54) is 28.4 Å². The first-order chi connectivity index (χ1) is 10.2. The number of hydrogen-bond acceptors (Lipinski definition) is 5. The number of carboxylic acids is 1. The lowest BCUT2D eigenvalue weighted by atomic mass is 10.1. The van der Waals surface area contributed by atoms with Crippen molar-refractivity contribution in [2.45, 2.75) is 18.9 Å². The highest BCUT2D eigenvalue weighted by molar-refractivity contribution is 7.88. The number of nitrogens with zero attached hydrogens (tertiary/aromatic N) is 2. The van der Waals surface area contributed by atoms with Crippen LogP contribution in [0.4, 0.5) is 0 Å². The minimum Gasteiger partial charge on any atom is -0.475 e. The van der Waals surface area contributed by atoms with Crippen LogP contribution in [0.25, 0.3) is 0 Å².